The number of benzene rings is 1. The van der Waals surface area contributed by atoms with Gasteiger partial charge in [0.2, 0.25) is 0 Å². The zero-order chi connectivity index (χ0) is 12.1. The fourth-order valence-electron chi connectivity index (χ4n) is 1.47. The number of hydrogen-bond donors (Lipinski definition) is 0. The van der Waals surface area contributed by atoms with Crippen LogP contribution in [-0.2, 0) is 13.0 Å². The van der Waals surface area contributed by atoms with Gasteiger partial charge in [-0.25, -0.2) is 0 Å². The summed E-state index contributed by atoms with van der Waals surface area (Å²) in [6.45, 7) is 4.29. The number of thiophene rings is 1. The van der Waals surface area contributed by atoms with Crippen molar-refractivity contribution in [3.63, 3.8) is 0 Å². The van der Waals surface area contributed by atoms with Crippen LogP contribution in [0.3, 0.4) is 0 Å². The fraction of sp³-hybridized carbons (Fsp3) is 0.143. The molecule has 17 heavy (non-hydrogen) atoms. The molecule has 2 rings (SSSR count). The van der Waals surface area contributed by atoms with E-state index in [9.17, 15) is 0 Å². The molecule has 1 heterocycles. The molecular formula is C14H13ClOS. The van der Waals surface area contributed by atoms with Gasteiger partial charge in [-0.2, -0.15) is 11.3 Å². The average molecular weight is 265 g/mol. The van der Waals surface area contributed by atoms with Crippen molar-refractivity contribution in [3.05, 3.63) is 63.8 Å². The molecule has 0 saturated heterocycles. The monoisotopic (exact) mass is 264 g/mol. The van der Waals surface area contributed by atoms with Gasteiger partial charge in [0.1, 0.15) is 12.4 Å². The fourth-order valence-corrected chi connectivity index (χ4v) is 2.27. The highest BCUT2D eigenvalue weighted by molar-refractivity contribution is 7.07. The van der Waals surface area contributed by atoms with E-state index in [-0.39, 0.29) is 0 Å². The highest BCUT2D eigenvalue weighted by Crippen LogP contribution is 2.17. The van der Waals surface area contributed by atoms with E-state index in [4.69, 9.17) is 16.3 Å². The molecular weight excluding hydrogens is 252 g/mol. The summed E-state index contributed by atoms with van der Waals surface area (Å²) in [7, 11) is 0. The number of ether oxygens (including phenoxy) is 1. The van der Waals surface area contributed by atoms with Gasteiger partial charge in [0, 0.05) is 11.5 Å². The number of halogens is 1. The van der Waals surface area contributed by atoms with Gasteiger partial charge in [0.05, 0.1) is 0 Å². The lowest BCUT2D eigenvalue weighted by Gasteiger charge is -2.06. The Hall–Kier alpha value is -1.25. The molecule has 0 bridgehead atoms. The molecule has 3 heteroatoms. The lowest BCUT2D eigenvalue weighted by Crippen LogP contribution is -1.93. The Morgan fingerprint density at radius 3 is 2.53 bits per heavy atom. The van der Waals surface area contributed by atoms with Crippen LogP contribution < -0.4 is 4.74 Å². The zero-order valence-corrected chi connectivity index (χ0v) is 10.9. The summed E-state index contributed by atoms with van der Waals surface area (Å²) in [5, 5.41) is 4.79. The predicted molar refractivity (Wildman–Crippen MR) is 73.8 cm³/mol. The van der Waals surface area contributed by atoms with Crippen molar-refractivity contribution in [1.29, 1.82) is 0 Å². The number of allylic oxidation sites excluding steroid dienone is 1. The minimum atomic E-state index is 0.616. The van der Waals surface area contributed by atoms with Crippen molar-refractivity contribution in [3.8, 4) is 5.75 Å². The Morgan fingerprint density at radius 2 is 1.94 bits per heavy atom. The molecule has 88 valence electrons. The third-order valence-corrected chi connectivity index (χ3v) is 3.17. The first-order valence-electron chi connectivity index (χ1n) is 5.30. The highest BCUT2D eigenvalue weighted by atomic mass is 35.5. The van der Waals surface area contributed by atoms with Gasteiger partial charge in [0.15, 0.2) is 0 Å². The molecule has 0 N–H and O–H groups in total. The van der Waals surface area contributed by atoms with Crippen LogP contribution in [0.25, 0.3) is 0 Å². The van der Waals surface area contributed by atoms with E-state index in [1.807, 2.05) is 29.6 Å². The van der Waals surface area contributed by atoms with E-state index in [1.165, 1.54) is 5.56 Å². The predicted octanol–water partition coefficient (Wildman–Crippen LogP) is 4.62. The third kappa shape index (κ3) is 3.91. The topological polar surface area (TPSA) is 9.23 Å². The van der Waals surface area contributed by atoms with E-state index in [1.54, 1.807) is 11.3 Å². The Balaban J connectivity index is 1.91. The van der Waals surface area contributed by atoms with Gasteiger partial charge in [-0.3, -0.25) is 0 Å². The minimum Gasteiger partial charge on any atom is -0.489 e. The first-order chi connectivity index (χ1) is 8.24. The van der Waals surface area contributed by atoms with E-state index >= 15 is 0 Å². The molecule has 1 aromatic heterocycles. The summed E-state index contributed by atoms with van der Waals surface area (Å²) in [5.41, 5.74) is 2.35. The second kappa shape index (κ2) is 5.89. The second-order valence-electron chi connectivity index (χ2n) is 3.76. The first-order valence-corrected chi connectivity index (χ1v) is 6.62. The summed E-state index contributed by atoms with van der Waals surface area (Å²) in [4.78, 5) is 0. The molecule has 1 nitrogen and oxygen atoms in total. The van der Waals surface area contributed by atoms with Crippen LogP contribution in [0.1, 0.15) is 11.1 Å². The van der Waals surface area contributed by atoms with Gasteiger partial charge < -0.3 is 4.74 Å². The molecule has 0 radical (unpaired) electrons. The normalized spacial score (nSPS) is 10.2. The molecule has 2 aromatic rings. The molecule has 1 aromatic carbocycles. The van der Waals surface area contributed by atoms with Crippen molar-refractivity contribution < 1.29 is 4.74 Å². The van der Waals surface area contributed by atoms with Gasteiger partial charge >= 0.3 is 0 Å². The molecule has 0 fully saturated rings. The van der Waals surface area contributed by atoms with Crippen LogP contribution in [0.15, 0.2) is 52.7 Å². The maximum Gasteiger partial charge on any atom is 0.119 e. The summed E-state index contributed by atoms with van der Waals surface area (Å²) in [5.74, 6) is 0.875. The number of rotatable bonds is 5. The quantitative estimate of drug-likeness (QED) is 0.766. The third-order valence-electron chi connectivity index (χ3n) is 2.30. The van der Waals surface area contributed by atoms with Gasteiger partial charge in [-0.1, -0.05) is 30.3 Å². The van der Waals surface area contributed by atoms with E-state index in [2.05, 4.69) is 18.0 Å². The SMILES string of the molecule is C=C(Cl)Cc1ccc(OCc2ccsc2)cc1. The number of hydrogen-bond acceptors (Lipinski definition) is 2. The van der Waals surface area contributed by atoms with Gasteiger partial charge in [-0.15, -0.1) is 0 Å². The molecule has 0 aliphatic carbocycles. The van der Waals surface area contributed by atoms with Crippen molar-refractivity contribution in [2.24, 2.45) is 0 Å². The molecule has 0 atom stereocenters. The zero-order valence-electron chi connectivity index (χ0n) is 9.36. The van der Waals surface area contributed by atoms with Crippen LogP contribution in [-0.4, -0.2) is 0 Å². The molecule has 0 unspecified atom stereocenters. The maximum atomic E-state index is 5.76. The molecule has 0 amide bonds. The van der Waals surface area contributed by atoms with Crippen LogP contribution in [0, 0.1) is 0 Å². The van der Waals surface area contributed by atoms with Gasteiger partial charge in [0.25, 0.3) is 0 Å². The lowest BCUT2D eigenvalue weighted by atomic mass is 10.1. The molecule has 0 spiro atoms. The van der Waals surface area contributed by atoms with Crippen LogP contribution in [0.4, 0.5) is 0 Å². The van der Waals surface area contributed by atoms with Crippen LogP contribution >= 0.6 is 22.9 Å². The van der Waals surface area contributed by atoms with Crippen LogP contribution in [0.5, 0.6) is 5.75 Å². The highest BCUT2D eigenvalue weighted by Gasteiger charge is 1.98. The van der Waals surface area contributed by atoms with Crippen LogP contribution in [0.2, 0.25) is 0 Å². The van der Waals surface area contributed by atoms with Crippen molar-refractivity contribution in [2.75, 3.05) is 0 Å². The molecule has 0 saturated carbocycles. The summed E-state index contributed by atoms with van der Waals surface area (Å²) in [6, 6.07) is 10.0. The summed E-state index contributed by atoms with van der Waals surface area (Å²) < 4.78 is 5.66. The largest absolute Gasteiger partial charge is 0.489 e. The van der Waals surface area contributed by atoms with Crippen molar-refractivity contribution >= 4 is 22.9 Å². The minimum absolute atomic E-state index is 0.616. The van der Waals surface area contributed by atoms with Gasteiger partial charge in [-0.05, 0) is 40.1 Å². The van der Waals surface area contributed by atoms with E-state index < -0.39 is 0 Å². The van der Waals surface area contributed by atoms with Crippen molar-refractivity contribution in [2.45, 2.75) is 13.0 Å². The Morgan fingerprint density at radius 1 is 1.18 bits per heavy atom. The lowest BCUT2D eigenvalue weighted by molar-refractivity contribution is 0.306. The summed E-state index contributed by atoms with van der Waals surface area (Å²) >= 11 is 7.44. The summed E-state index contributed by atoms with van der Waals surface area (Å²) in [6.07, 6.45) is 0.701. The Kier molecular flexibility index (Phi) is 4.24. The molecule has 0 aliphatic heterocycles. The maximum absolute atomic E-state index is 5.76. The van der Waals surface area contributed by atoms with Crippen molar-refractivity contribution in [1.82, 2.24) is 0 Å². The van der Waals surface area contributed by atoms with E-state index in [0.717, 1.165) is 11.3 Å². The Labute approximate surface area is 110 Å². The Bertz CT molecular complexity index is 473. The van der Waals surface area contributed by atoms with E-state index in [0.29, 0.717) is 18.1 Å². The molecule has 0 aliphatic rings. The standard InChI is InChI=1S/C14H13ClOS/c1-11(15)8-12-2-4-14(5-3-12)16-9-13-6-7-17-10-13/h2-7,10H,1,8-9H2. The second-order valence-corrected chi connectivity index (χ2v) is 5.07. The smallest absolute Gasteiger partial charge is 0.119 e. The average Bonchev–Trinajstić information content (AvgIpc) is 2.80. The first kappa shape index (κ1) is 12.2.